The Morgan fingerprint density at radius 2 is 1.79 bits per heavy atom. The molecule has 38 heavy (non-hydrogen) atoms. The fraction of sp³-hybridized carbons (Fsp3) is 0.138. The minimum Gasteiger partial charge on any atom is -0.495 e. The summed E-state index contributed by atoms with van der Waals surface area (Å²) in [6, 6.07) is 24.2. The van der Waals surface area contributed by atoms with Gasteiger partial charge in [-0.2, -0.15) is 5.26 Å². The fourth-order valence-corrected chi connectivity index (χ4v) is 5.04. The minimum atomic E-state index is -0.661. The molecule has 3 aromatic rings. The zero-order valence-electron chi connectivity index (χ0n) is 20.7. The second kappa shape index (κ2) is 12.1. The molecule has 1 heterocycles. The Bertz CT molecular complexity index is 1460. The number of allylic oxidation sites excluding steroid dienone is 2. The van der Waals surface area contributed by atoms with E-state index < -0.39 is 11.7 Å². The second-order valence-electron chi connectivity index (χ2n) is 8.36. The molecule has 4 rings (SSSR count). The molecule has 3 aromatic carbocycles. The van der Waals surface area contributed by atoms with Gasteiger partial charge >= 0.3 is 0 Å². The number of nitriles is 1. The summed E-state index contributed by atoms with van der Waals surface area (Å²) in [4.78, 5) is 26.2. The van der Waals surface area contributed by atoms with Crippen molar-refractivity contribution in [1.82, 2.24) is 5.32 Å². The van der Waals surface area contributed by atoms with Crippen molar-refractivity contribution in [2.24, 2.45) is 0 Å². The van der Waals surface area contributed by atoms with Crippen molar-refractivity contribution in [3.05, 3.63) is 112 Å². The number of methoxy groups -OCH3 is 1. The van der Waals surface area contributed by atoms with Crippen LogP contribution in [0.2, 0.25) is 0 Å². The van der Waals surface area contributed by atoms with E-state index in [2.05, 4.69) is 22.0 Å². The van der Waals surface area contributed by atoms with E-state index in [0.29, 0.717) is 39.0 Å². The average Bonchev–Trinajstić information content (AvgIpc) is 2.92. The molecule has 0 radical (unpaired) electrons. The van der Waals surface area contributed by atoms with Crippen LogP contribution < -0.4 is 20.7 Å². The predicted molar refractivity (Wildman–Crippen MR) is 147 cm³/mol. The summed E-state index contributed by atoms with van der Waals surface area (Å²) >= 11 is 1.14. The number of hydrogen-bond acceptors (Lipinski definition) is 6. The Morgan fingerprint density at radius 3 is 2.50 bits per heavy atom. The van der Waals surface area contributed by atoms with E-state index in [1.165, 1.54) is 25.3 Å². The Labute approximate surface area is 224 Å². The molecule has 1 aliphatic rings. The van der Waals surface area contributed by atoms with Crippen LogP contribution in [0.4, 0.5) is 15.8 Å². The molecule has 1 aliphatic heterocycles. The van der Waals surface area contributed by atoms with E-state index in [-0.39, 0.29) is 17.6 Å². The van der Waals surface area contributed by atoms with Gasteiger partial charge < -0.3 is 20.7 Å². The summed E-state index contributed by atoms with van der Waals surface area (Å²) in [5.74, 6) is -1.37. The van der Waals surface area contributed by atoms with E-state index in [1.54, 1.807) is 37.3 Å². The van der Waals surface area contributed by atoms with Gasteiger partial charge in [-0.05, 0) is 42.8 Å². The Hall–Kier alpha value is -4.55. The van der Waals surface area contributed by atoms with E-state index in [0.717, 1.165) is 17.3 Å². The summed E-state index contributed by atoms with van der Waals surface area (Å²) < 4.78 is 18.8. The molecule has 1 atom stereocenters. The largest absolute Gasteiger partial charge is 0.495 e. The van der Waals surface area contributed by atoms with Gasteiger partial charge in [-0.15, -0.1) is 0 Å². The normalized spacial score (nSPS) is 14.8. The van der Waals surface area contributed by atoms with Crippen molar-refractivity contribution in [3.8, 4) is 11.8 Å². The molecule has 0 unspecified atom stereocenters. The summed E-state index contributed by atoms with van der Waals surface area (Å²) in [5, 5.41) is 19.4. The third-order valence-corrected chi connectivity index (χ3v) is 6.85. The SMILES string of the molecule is COc1ccccc1NC(=O)C1=C(C)NC(SCC(=O)Nc2cccc(F)c2)=C(C#N)[C@@H]1c1ccccc1. The third-order valence-electron chi connectivity index (χ3n) is 5.84. The number of para-hydroxylation sites is 2. The summed E-state index contributed by atoms with van der Waals surface area (Å²) in [7, 11) is 1.52. The molecule has 0 aromatic heterocycles. The maximum absolute atomic E-state index is 13.6. The second-order valence-corrected chi connectivity index (χ2v) is 9.35. The van der Waals surface area contributed by atoms with Crippen molar-refractivity contribution in [2.75, 3.05) is 23.5 Å². The number of dihydropyridines is 1. The Morgan fingerprint density at radius 1 is 1.05 bits per heavy atom. The number of anilines is 2. The molecule has 2 amide bonds. The van der Waals surface area contributed by atoms with Crippen molar-refractivity contribution in [1.29, 1.82) is 5.26 Å². The lowest BCUT2D eigenvalue weighted by Gasteiger charge is -2.30. The molecule has 0 fully saturated rings. The number of carbonyl (C=O) groups is 2. The number of hydrogen-bond donors (Lipinski definition) is 3. The summed E-state index contributed by atoms with van der Waals surface area (Å²) in [5.41, 5.74) is 2.86. The predicted octanol–water partition coefficient (Wildman–Crippen LogP) is 5.54. The van der Waals surface area contributed by atoms with Crippen LogP contribution >= 0.6 is 11.8 Å². The monoisotopic (exact) mass is 528 g/mol. The van der Waals surface area contributed by atoms with Gasteiger partial charge in [0.15, 0.2) is 0 Å². The molecule has 7 nitrogen and oxygen atoms in total. The van der Waals surface area contributed by atoms with Crippen LogP contribution in [-0.4, -0.2) is 24.7 Å². The van der Waals surface area contributed by atoms with E-state index in [1.807, 2.05) is 30.3 Å². The molecular weight excluding hydrogens is 503 g/mol. The van der Waals surface area contributed by atoms with Crippen molar-refractivity contribution < 1.29 is 18.7 Å². The van der Waals surface area contributed by atoms with Crippen LogP contribution in [0, 0.1) is 17.1 Å². The lowest BCUT2D eigenvalue weighted by atomic mass is 9.82. The molecule has 0 saturated heterocycles. The van der Waals surface area contributed by atoms with Gasteiger partial charge in [-0.3, -0.25) is 9.59 Å². The molecule has 9 heteroatoms. The number of nitrogens with one attached hydrogen (secondary N) is 3. The van der Waals surface area contributed by atoms with Gasteiger partial charge in [0.2, 0.25) is 5.91 Å². The maximum atomic E-state index is 13.6. The minimum absolute atomic E-state index is 0.0262. The zero-order valence-corrected chi connectivity index (χ0v) is 21.6. The van der Waals surface area contributed by atoms with Crippen LogP contribution in [0.3, 0.4) is 0 Å². The van der Waals surface area contributed by atoms with E-state index in [9.17, 15) is 19.2 Å². The van der Waals surface area contributed by atoms with Crippen LogP contribution in [0.25, 0.3) is 0 Å². The molecule has 0 aliphatic carbocycles. The lowest BCUT2D eigenvalue weighted by Crippen LogP contribution is -2.31. The Kier molecular flexibility index (Phi) is 8.46. The van der Waals surface area contributed by atoms with Gasteiger partial charge in [-0.1, -0.05) is 60.3 Å². The van der Waals surface area contributed by atoms with Crippen LogP contribution in [0.5, 0.6) is 5.75 Å². The van der Waals surface area contributed by atoms with Crippen molar-refractivity contribution >= 4 is 35.0 Å². The smallest absolute Gasteiger partial charge is 0.254 e. The lowest BCUT2D eigenvalue weighted by molar-refractivity contribution is -0.114. The molecule has 0 spiro atoms. The van der Waals surface area contributed by atoms with Gasteiger partial charge in [0.25, 0.3) is 5.91 Å². The zero-order chi connectivity index (χ0) is 27.1. The first-order valence-electron chi connectivity index (χ1n) is 11.7. The van der Waals surface area contributed by atoms with Crippen molar-refractivity contribution in [2.45, 2.75) is 12.8 Å². The van der Waals surface area contributed by atoms with Gasteiger partial charge in [0, 0.05) is 17.0 Å². The highest BCUT2D eigenvalue weighted by Crippen LogP contribution is 2.41. The first-order chi connectivity index (χ1) is 18.4. The molecular formula is C29H25FN4O3S. The third kappa shape index (κ3) is 6.05. The molecule has 3 N–H and O–H groups in total. The van der Waals surface area contributed by atoms with Gasteiger partial charge in [0.05, 0.1) is 41.1 Å². The molecule has 0 saturated carbocycles. The molecule has 0 bridgehead atoms. The van der Waals surface area contributed by atoms with Gasteiger partial charge in [0.1, 0.15) is 11.6 Å². The van der Waals surface area contributed by atoms with Crippen LogP contribution in [-0.2, 0) is 9.59 Å². The number of thioether (sulfide) groups is 1. The standard InChI is InChI=1S/C29H25FN4O3S/c1-18-26(28(36)34-23-13-6-7-14-24(23)37-2)27(19-9-4-3-5-10-19)22(16-31)29(32-18)38-17-25(35)33-21-12-8-11-20(30)15-21/h3-15,27,32H,17H2,1-2H3,(H,33,35)(H,34,36)/t27-/m0/s1. The number of carbonyl (C=O) groups excluding carboxylic acids is 2. The van der Waals surface area contributed by atoms with Gasteiger partial charge in [-0.25, -0.2) is 4.39 Å². The summed E-state index contributed by atoms with van der Waals surface area (Å²) in [6.07, 6.45) is 0. The summed E-state index contributed by atoms with van der Waals surface area (Å²) in [6.45, 7) is 1.76. The molecule has 192 valence electrons. The fourth-order valence-electron chi connectivity index (χ4n) is 4.14. The number of ether oxygens (including phenoxy) is 1. The average molecular weight is 529 g/mol. The highest BCUT2D eigenvalue weighted by molar-refractivity contribution is 8.03. The number of rotatable bonds is 8. The number of nitrogens with zero attached hydrogens (tertiary/aromatic N) is 1. The Balaban J connectivity index is 1.62. The quantitative estimate of drug-likeness (QED) is 0.355. The van der Waals surface area contributed by atoms with E-state index >= 15 is 0 Å². The topological polar surface area (TPSA) is 103 Å². The maximum Gasteiger partial charge on any atom is 0.254 e. The first kappa shape index (κ1) is 26.5. The van der Waals surface area contributed by atoms with Crippen LogP contribution in [0.15, 0.2) is 101 Å². The highest BCUT2D eigenvalue weighted by Gasteiger charge is 2.35. The van der Waals surface area contributed by atoms with E-state index in [4.69, 9.17) is 4.74 Å². The first-order valence-corrected chi connectivity index (χ1v) is 12.7. The highest BCUT2D eigenvalue weighted by atomic mass is 32.2. The van der Waals surface area contributed by atoms with Crippen molar-refractivity contribution in [3.63, 3.8) is 0 Å². The van der Waals surface area contributed by atoms with Crippen LogP contribution in [0.1, 0.15) is 18.4 Å². The number of amides is 2. The number of halogens is 1. The number of benzene rings is 3.